The van der Waals surface area contributed by atoms with Gasteiger partial charge < -0.3 is 10.1 Å². The molecule has 0 saturated heterocycles. The second-order valence-corrected chi connectivity index (χ2v) is 4.62. The zero-order chi connectivity index (χ0) is 12.7. The van der Waals surface area contributed by atoms with Crippen LogP contribution in [0.2, 0.25) is 0 Å². The molecule has 0 fully saturated rings. The Morgan fingerprint density at radius 1 is 1.53 bits per heavy atom. The Hall–Kier alpha value is -1.16. The maximum atomic E-state index is 11.5. The van der Waals surface area contributed by atoms with E-state index in [0.717, 1.165) is 11.4 Å². The van der Waals surface area contributed by atoms with Crippen molar-refractivity contribution in [1.82, 2.24) is 0 Å². The fraction of sp³-hybridized carbons (Fsp3) is 0.462. The van der Waals surface area contributed by atoms with Crippen LogP contribution in [0.25, 0.3) is 0 Å². The number of hydrogen-bond donors (Lipinski definition) is 1. The highest BCUT2D eigenvalue weighted by atomic mass is 32.2. The number of hydrogen-bond acceptors (Lipinski definition) is 4. The monoisotopic (exact) mass is 253 g/mol. The van der Waals surface area contributed by atoms with Crippen molar-refractivity contribution in [3.05, 3.63) is 29.8 Å². The molecule has 0 aliphatic carbocycles. The van der Waals surface area contributed by atoms with Gasteiger partial charge in [-0.05, 0) is 37.8 Å². The Morgan fingerprint density at radius 3 is 2.94 bits per heavy atom. The van der Waals surface area contributed by atoms with Crippen molar-refractivity contribution in [3.8, 4) is 0 Å². The summed E-state index contributed by atoms with van der Waals surface area (Å²) in [5, 5.41) is 3.14. The van der Waals surface area contributed by atoms with E-state index in [1.807, 2.05) is 19.1 Å². The average Bonchev–Trinajstić information content (AvgIpc) is 2.30. The first kappa shape index (κ1) is 13.9. The summed E-state index contributed by atoms with van der Waals surface area (Å²) in [6.07, 6.45) is 2.07. The number of nitrogens with one attached hydrogen (secondary N) is 1. The molecule has 4 heteroatoms. The van der Waals surface area contributed by atoms with Crippen molar-refractivity contribution >= 4 is 23.4 Å². The molecular formula is C13H19NO2S. The summed E-state index contributed by atoms with van der Waals surface area (Å²) in [5.41, 5.74) is 2.20. The average molecular weight is 253 g/mol. The van der Waals surface area contributed by atoms with E-state index in [1.165, 1.54) is 5.56 Å². The van der Waals surface area contributed by atoms with Gasteiger partial charge >= 0.3 is 5.97 Å². The minimum Gasteiger partial charge on any atom is -0.464 e. The lowest BCUT2D eigenvalue weighted by Crippen LogP contribution is -2.28. The van der Waals surface area contributed by atoms with Crippen LogP contribution in [-0.4, -0.2) is 24.9 Å². The van der Waals surface area contributed by atoms with Gasteiger partial charge in [-0.15, -0.1) is 0 Å². The van der Waals surface area contributed by atoms with Crippen molar-refractivity contribution in [3.63, 3.8) is 0 Å². The van der Waals surface area contributed by atoms with E-state index in [1.54, 1.807) is 18.7 Å². The highest BCUT2D eigenvalue weighted by molar-refractivity contribution is 7.97. The first-order chi connectivity index (χ1) is 8.17. The van der Waals surface area contributed by atoms with Gasteiger partial charge in [-0.3, -0.25) is 0 Å². The van der Waals surface area contributed by atoms with Crippen LogP contribution in [0.4, 0.5) is 5.69 Å². The summed E-state index contributed by atoms with van der Waals surface area (Å²) < 4.78 is 4.95. The molecule has 0 amide bonds. The van der Waals surface area contributed by atoms with Gasteiger partial charge in [0.25, 0.3) is 0 Å². The molecule has 0 aromatic heterocycles. The molecule has 17 heavy (non-hydrogen) atoms. The molecule has 94 valence electrons. The zero-order valence-corrected chi connectivity index (χ0v) is 11.3. The molecule has 0 saturated carbocycles. The van der Waals surface area contributed by atoms with Gasteiger partial charge in [-0.2, -0.15) is 11.8 Å². The standard InChI is InChI=1S/C13H19NO2S/c1-4-16-13(15)10(2)14-12-7-5-6-11(8-12)9-17-3/h5-8,10,14H,4,9H2,1-3H3/t10-/m0/s1. The van der Waals surface area contributed by atoms with Gasteiger partial charge in [0.2, 0.25) is 0 Å². The number of rotatable bonds is 6. The largest absolute Gasteiger partial charge is 0.464 e. The molecule has 1 N–H and O–H groups in total. The third-order valence-corrected chi connectivity index (χ3v) is 2.88. The summed E-state index contributed by atoms with van der Waals surface area (Å²) in [4.78, 5) is 11.5. The fourth-order valence-corrected chi connectivity index (χ4v) is 2.01. The minimum atomic E-state index is -0.320. The van der Waals surface area contributed by atoms with Gasteiger partial charge in [-0.1, -0.05) is 12.1 Å². The van der Waals surface area contributed by atoms with Crippen molar-refractivity contribution in [2.75, 3.05) is 18.2 Å². The second-order valence-electron chi connectivity index (χ2n) is 3.75. The lowest BCUT2D eigenvalue weighted by molar-refractivity contribution is -0.143. The van der Waals surface area contributed by atoms with E-state index in [-0.39, 0.29) is 12.0 Å². The number of thioether (sulfide) groups is 1. The van der Waals surface area contributed by atoms with E-state index >= 15 is 0 Å². The molecule has 0 spiro atoms. The van der Waals surface area contributed by atoms with Crippen LogP contribution in [0.5, 0.6) is 0 Å². The predicted octanol–water partition coefficient (Wildman–Crippen LogP) is 2.91. The highest BCUT2D eigenvalue weighted by Gasteiger charge is 2.13. The number of benzene rings is 1. The van der Waals surface area contributed by atoms with Crippen LogP contribution in [-0.2, 0) is 15.3 Å². The fourth-order valence-electron chi connectivity index (χ4n) is 1.49. The summed E-state index contributed by atoms with van der Waals surface area (Å²) in [5.74, 6) is 0.756. The van der Waals surface area contributed by atoms with E-state index in [9.17, 15) is 4.79 Å². The smallest absolute Gasteiger partial charge is 0.328 e. The predicted molar refractivity (Wildman–Crippen MR) is 73.4 cm³/mol. The third-order valence-electron chi connectivity index (χ3n) is 2.26. The molecule has 0 unspecified atom stereocenters. The van der Waals surface area contributed by atoms with Crippen LogP contribution in [0, 0.1) is 0 Å². The number of carbonyl (C=O) groups is 1. The zero-order valence-electron chi connectivity index (χ0n) is 10.5. The molecule has 1 aromatic carbocycles. The maximum Gasteiger partial charge on any atom is 0.328 e. The Labute approximate surface area is 107 Å². The Balaban J connectivity index is 2.61. The summed E-state index contributed by atoms with van der Waals surface area (Å²) >= 11 is 1.78. The number of esters is 1. The topological polar surface area (TPSA) is 38.3 Å². The molecule has 1 aromatic rings. The van der Waals surface area contributed by atoms with Gasteiger partial charge in [0.05, 0.1) is 6.61 Å². The lowest BCUT2D eigenvalue weighted by atomic mass is 10.2. The van der Waals surface area contributed by atoms with Gasteiger partial charge in [0.1, 0.15) is 6.04 Å². The molecule has 0 heterocycles. The van der Waals surface area contributed by atoms with E-state index in [0.29, 0.717) is 6.61 Å². The third kappa shape index (κ3) is 4.69. The van der Waals surface area contributed by atoms with Gasteiger partial charge in [-0.25, -0.2) is 4.79 Å². The van der Waals surface area contributed by atoms with Crippen molar-refractivity contribution in [1.29, 1.82) is 0 Å². The maximum absolute atomic E-state index is 11.5. The van der Waals surface area contributed by atoms with E-state index in [4.69, 9.17) is 4.74 Å². The van der Waals surface area contributed by atoms with Crippen LogP contribution in [0.15, 0.2) is 24.3 Å². The molecular weight excluding hydrogens is 234 g/mol. The molecule has 0 radical (unpaired) electrons. The highest BCUT2D eigenvalue weighted by Crippen LogP contribution is 2.15. The number of ether oxygens (including phenoxy) is 1. The first-order valence-electron chi connectivity index (χ1n) is 5.68. The Morgan fingerprint density at radius 2 is 2.29 bits per heavy atom. The van der Waals surface area contributed by atoms with Crippen molar-refractivity contribution in [2.45, 2.75) is 25.6 Å². The molecule has 1 atom stereocenters. The normalized spacial score (nSPS) is 11.9. The SMILES string of the molecule is CCOC(=O)[C@H](C)Nc1cccc(CSC)c1. The molecule has 0 aliphatic rings. The van der Waals surface area contributed by atoms with Crippen LogP contribution < -0.4 is 5.32 Å². The Kier molecular flexibility index (Phi) is 5.91. The molecule has 0 bridgehead atoms. The van der Waals surface area contributed by atoms with Crippen molar-refractivity contribution < 1.29 is 9.53 Å². The van der Waals surface area contributed by atoms with Gasteiger partial charge in [0, 0.05) is 11.4 Å². The molecule has 3 nitrogen and oxygen atoms in total. The lowest BCUT2D eigenvalue weighted by Gasteiger charge is -2.14. The molecule has 1 rings (SSSR count). The summed E-state index contributed by atoms with van der Waals surface area (Å²) in [6.45, 7) is 4.03. The van der Waals surface area contributed by atoms with Crippen LogP contribution in [0.3, 0.4) is 0 Å². The summed E-state index contributed by atoms with van der Waals surface area (Å²) in [7, 11) is 0. The summed E-state index contributed by atoms with van der Waals surface area (Å²) in [6, 6.07) is 7.77. The second kappa shape index (κ2) is 7.22. The van der Waals surface area contributed by atoms with E-state index < -0.39 is 0 Å². The Bertz CT molecular complexity index is 368. The number of anilines is 1. The van der Waals surface area contributed by atoms with Gasteiger partial charge in [0.15, 0.2) is 0 Å². The van der Waals surface area contributed by atoms with Crippen molar-refractivity contribution in [2.24, 2.45) is 0 Å². The number of carbonyl (C=O) groups excluding carboxylic acids is 1. The first-order valence-corrected chi connectivity index (χ1v) is 7.07. The quantitative estimate of drug-likeness (QED) is 0.791. The van der Waals surface area contributed by atoms with Crippen LogP contribution in [0.1, 0.15) is 19.4 Å². The van der Waals surface area contributed by atoms with Crippen LogP contribution >= 0.6 is 11.8 Å². The molecule has 0 aliphatic heterocycles. The van der Waals surface area contributed by atoms with E-state index in [2.05, 4.69) is 23.7 Å². The minimum absolute atomic E-state index is 0.220.